The normalized spacial score (nSPS) is 17.1. The van der Waals surface area contributed by atoms with E-state index in [1.807, 2.05) is 18.2 Å². The van der Waals surface area contributed by atoms with E-state index in [2.05, 4.69) is 0 Å². The SMILES string of the molecule is COc1ccc(N2C(=O)C(O)=C(C(=O)OC(C)(C)C)C2c2ccccc2)cc1. The molecule has 0 fully saturated rings. The first kappa shape index (κ1) is 19.5. The Morgan fingerprint density at radius 3 is 2.18 bits per heavy atom. The Morgan fingerprint density at radius 2 is 1.64 bits per heavy atom. The van der Waals surface area contributed by atoms with E-state index >= 15 is 0 Å². The Bertz CT molecular complexity index is 910. The summed E-state index contributed by atoms with van der Waals surface area (Å²) in [5, 5.41) is 10.6. The molecule has 1 amide bonds. The number of methoxy groups -OCH3 is 1. The van der Waals surface area contributed by atoms with Gasteiger partial charge in [0.1, 0.15) is 16.9 Å². The van der Waals surface area contributed by atoms with Gasteiger partial charge in [-0.25, -0.2) is 4.79 Å². The Balaban J connectivity index is 2.10. The van der Waals surface area contributed by atoms with Gasteiger partial charge in [-0.15, -0.1) is 0 Å². The number of carbonyl (C=O) groups excluding carboxylic acids is 2. The molecule has 2 aromatic rings. The van der Waals surface area contributed by atoms with E-state index in [1.165, 1.54) is 4.90 Å². The van der Waals surface area contributed by atoms with Crippen molar-refractivity contribution in [3.8, 4) is 5.75 Å². The van der Waals surface area contributed by atoms with E-state index in [0.29, 0.717) is 17.0 Å². The fourth-order valence-corrected chi connectivity index (χ4v) is 3.11. The topological polar surface area (TPSA) is 76.1 Å². The Hall–Kier alpha value is -3.28. The molecular formula is C22H23NO5. The number of ether oxygens (including phenoxy) is 2. The van der Waals surface area contributed by atoms with Crippen molar-refractivity contribution in [1.82, 2.24) is 0 Å². The minimum absolute atomic E-state index is 0.0676. The van der Waals surface area contributed by atoms with Gasteiger partial charge in [-0.1, -0.05) is 30.3 Å². The zero-order valence-corrected chi connectivity index (χ0v) is 16.3. The number of nitrogens with zero attached hydrogens (tertiary/aromatic N) is 1. The molecule has 0 aliphatic carbocycles. The van der Waals surface area contributed by atoms with Gasteiger partial charge >= 0.3 is 5.97 Å². The quantitative estimate of drug-likeness (QED) is 0.812. The molecule has 6 heteroatoms. The van der Waals surface area contributed by atoms with E-state index in [1.54, 1.807) is 64.3 Å². The third-order valence-electron chi connectivity index (χ3n) is 4.29. The van der Waals surface area contributed by atoms with Gasteiger partial charge in [-0.2, -0.15) is 0 Å². The molecule has 6 nitrogen and oxygen atoms in total. The van der Waals surface area contributed by atoms with Crippen LogP contribution >= 0.6 is 0 Å². The molecule has 0 saturated heterocycles. The molecule has 1 N–H and O–H groups in total. The molecule has 1 aliphatic rings. The van der Waals surface area contributed by atoms with E-state index < -0.39 is 29.3 Å². The fraction of sp³-hybridized carbons (Fsp3) is 0.273. The second-order valence-corrected chi connectivity index (χ2v) is 7.45. The van der Waals surface area contributed by atoms with Crippen molar-refractivity contribution in [3.05, 3.63) is 71.5 Å². The molecule has 1 heterocycles. The van der Waals surface area contributed by atoms with Crippen LogP contribution in [-0.2, 0) is 14.3 Å². The van der Waals surface area contributed by atoms with Gasteiger partial charge in [0.05, 0.1) is 13.2 Å². The minimum Gasteiger partial charge on any atom is -0.503 e. The summed E-state index contributed by atoms with van der Waals surface area (Å²) in [5.41, 5.74) is 0.394. The largest absolute Gasteiger partial charge is 0.503 e. The average molecular weight is 381 g/mol. The summed E-state index contributed by atoms with van der Waals surface area (Å²) in [5.74, 6) is -1.33. The lowest BCUT2D eigenvalue weighted by atomic mass is 9.98. The Kier molecular flexibility index (Phi) is 5.14. The highest BCUT2D eigenvalue weighted by atomic mass is 16.6. The minimum atomic E-state index is -0.794. The zero-order valence-electron chi connectivity index (χ0n) is 16.3. The summed E-state index contributed by atoms with van der Waals surface area (Å²) in [6, 6.07) is 15.1. The number of carbonyl (C=O) groups is 2. The van der Waals surface area contributed by atoms with Gasteiger partial charge in [0.2, 0.25) is 0 Å². The van der Waals surface area contributed by atoms with Gasteiger partial charge in [-0.05, 0) is 50.6 Å². The molecule has 1 atom stereocenters. The highest BCUT2D eigenvalue weighted by molar-refractivity contribution is 6.15. The van der Waals surface area contributed by atoms with Gasteiger partial charge in [0.25, 0.3) is 5.91 Å². The van der Waals surface area contributed by atoms with Crippen molar-refractivity contribution in [2.45, 2.75) is 32.4 Å². The lowest BCUT2D eigenvalue weighted by Crippen LogP contribution is -2.32. The summed E-state index contributed by atoms with van der Waals surface area (Å²) >= 11 is 0. The molecule has 146 valence electrons. The number of hydrogen-bond donors (Lipinski definition) is 1. The van der Waals surface area contributed by atoms with Crippen LogP contribution in [0.5, 0.6) is 5.75 Å². The molecule has 0 bridgehead atoms. The highest BCUT2D eigenvalue weighted by Gasteiger charge is 2.45. The molecule has 0 aromatic heterocycles. The number of anilines is 1. The second-order valence-electron chi connectivity index (χ2n) is 7.45. The van der Waals surface area contributed by atoms with Gasteiger partial charge in [0.15, 0.2) is 5.76 Å². The van der Waals surface area contributed by atoms with E-state index in [0.717, 1.165) is 0 Å². The van der Waals surface area contributed by atoms with Crippen LogP contribution in [0.15, 0.2) is 65.9 Å². The second kappa shape index (κ2) is 7.38. The predicted octanol–water partition coefficient (Wildman–Crippen LogP) is 3.94. The molecule has 0 spiro atoms. The zero-order chi connectivity index (χ0) is 20.5. The van der Waals surface area contributed by atoms with Crippen molar-refractivity contribution < 1.29 is 24.2 Å². The van der Waals surface area contributed by atoms with Gasteiger partial charge < -0.3 is 14.6 Å². The van der Waals surface area contributed by atoms with E-state index in [9.17, 15) is 14.7 Å². The molecule has 2 aromatic carbocycles. The van der Waals surface area contributed by atoms with Crippen molar-refractivity contribution >= 4 is 17.6 Å². The van der Waals surface area contributed by atoms with Crippen LogP contribution in [0.25, 0.3) is 0 Å². The summed E-state index contributed by atoms with van der Waals surface area (Å²) < 4.78 is 10.6. The monoisotopic (exact) mass is 381 g/mol. The van der Waals surface area contributed by atoms with Gasteiger partial charge in [-0.3, -0.25) is 9.69 Å². The molecule has 0 radical (unpaired) electrons. The van der Waals surface area contributed by atoms with Crippen molar-refractivity contribution in [2.75, 3.05) is 12.0 Å². The first-order valence-corrected chi connectivity index (χ1v) is 8.92. The lowest BCUT2D eigenvalue weighted by molar-refractivity contribution is -0.150. The van der Waals surface area contributed by atoms with Crippen LogP contribution in [-0.4, -0.2) is 29.7 Å². The number of aliphatic hydroxyl groups is 1. The third kappa shape index (κ3) is 3.71. The highest BCUT2D eigenvalue weighted by Crippen LogP contribution is 2.41. The predicted molar refractivity (Wildman–Crippen MR) is 105 cm³/mol. The average Bonchev–Trinajstić information content (AvgIpc) is 2.92. The van der Waals surface area contributed by atoms with Crippen LogP contribution in [0.3, 0.4) is 0 Å². The smallest absolute Gasteiger partial charge is 0.341 e. The summed E-state index contributed by atoms with van der Waals surface area (Å²) in [6.07, 6.45) is 0. The van der Waals surface area contributed by atoms with Crippen LogP contribution in [0.4, 0.5) is 5.69 Å². The first-order chi connectivity index (χ1) is 13.2. The number of amides is 1. The maximum Gasteiger partial charge on any atom is 0.341 e. The molecule has 0 saturated carbocycles. The first-order valence-electron chi connectivity index (χ1n) is 8.92. The molecular weight excluding hydrogens is 358 g/mol. The maximum absolute atomic E-state index is 12.9. The molecule has 3 rings (SSSR count). The third-order valence-corrected chi connectivity index (χ3v) is 4.29. The van der Waals surface area contributed by atoms with Crippen LogP contribution in [0.1, 0.15) is 32.4 Å². The van der Waals surface area contributed by atoms with Crippen LogP contribution in [0.2, 0.25) is 0 Å². The molecule has 1 aliphatic heterocycles. The van der Waals surface area contributed by atoms with Crippen LogP contribution < -0.4 is 9.64 Å². The number of hydrogen-bond acceptors (Lipinski definition) is 5. The van der Waals surface area contributed by atoms with Crippen molar-refractivity contribution in [1.29, 1.82) is 0 Å². The van der Waals surface area contributed by atoms with Crippen molar-refractivity contribution in [3.63, 3.8) is 0 Å². The van der Waals surface area contributed by atoms with Crippen molar-refractivity contribution in [2.24, 2.45) is 0 Å². The summed E-state index contributed by atoms with van der Waals surface area (Å²) in [4.78, 5) is 27.1. The maximum atomic E-state index is 12.9. The van der Waals surface area contributed by atoms with Crippen LogP contribution in [0, 0.1) is 0 Å². The van der Waals surface area contributed by atoms with Gasteiger partial charge in [0, 0.05) is 5.69 Å². The summed E-state index contributed by atoms with van der Waals surface area (Å²) in [7, 11) is 1.55. The Morgan fingerprint density at radius 1 is 1.04 bits per heavy atom. The fourth-order valence-electron chi connectivity index (χ4n) is 3.11. The number of aliphatic hydroxyl groups excluding tert-OH is 1. The molecule has 28 heavy (non-hydrogen) atoms. The molecule has 1 unspecified atom stereocenters. The number of esters is 1. The standard InChI is InChI=1S/C22H23NO5/c1-22(2,3)28-21(26)17-18(14-8-6-5-7-9-14)23(20(25)19(17)24)15-10-12-16(27-4)13-11-15/h5-13,18,24H,1-4H3. The summed E-state index contributed by atoms with van der Waals surface area (Å²) in [6.45, 7) is 5.20. The Labute approximate surface area is 164 Å². The number of rotatable bonds is 4. The van der Waals surface area contributed by atoms with E-state index in [-0.39, 0.29) is 5.57 Å². The van der Waals surface area contributed by atoms with E-state index in [4.69, 9.17) is 9.47 Å². The number of benzene rings is 2. The lowest BCUT2D eigenvalue weighted by Gasteiger charge is -2.28.